The van der Waals surface area contributed by atoms with Crippen molar-refractivity contribution in [2.75, 3.05) is 13.7 Å². The number of benzene rings is 1. The molecule has 0 aliphatic carbocycles. The number of rotatable bonds is 5. The summed E-state index contributed by atoms with van der Waals surface area (Å²) in [5, 5.41) is 0. The molecule has 1 rings (SSSR count). The van der Waals surface area contributed by atoms with E-state index in [0.717, 1.165) is 13.0 Å². The van der Waals surface area contributed by atoms with E-state index in [2.05, 4.69) is 50.3 Å². The van der Waals surface area contributed by atoms with E-state index in [1.54, 1.807) is 7.11 Å². The third-order valence-electron chi connectivity index (χ3n) is 2.34. The van der Waals surface area contributed by atoms with E-state index in [1.807, 2.05) is 0 Å². The number of allylic oxidation sites excluding steroid dienone is 1. The molecule has 0 heterocycles. The van der Waals surface area contributed by atoms with Crippen LogP contribution in [0.25, 0.3) is 6.08 Å². The van der Waals surface area contributed by atoms with Crippen molar-refractivity contribution in [1.29, 1.82) is 0 Å². The van der Waals surface area contributed by atoms with E-state index in [0.29, 0.717) is 5.92 Å². The summed E-state index contributed by atoms with van der Waals surface area (Å²) in [5.41, 5.74) is 2.58. The van der Waals surface area contributed by atoms with Crippen LogP contribution in [0.5, 0.6) is 0 Å². The highest BCUT2D eigenvalue weighted by atomic mass is 16.5. The average Bonchev–Trinajstić information content (AvgIpc) is 2.18. The monoisotopic (exact) mass is 204 g/mol. The minimum absolute atomic E-state index is 0.594. The molecular weight excluding hydrogens is 184 g/mol. The minimum atomic E-state index is 0.594. The van der Waals surface area contributed by atoms with Gasteiger partial charge in [0.1, 0.15) is 0 Å². The third-order valence-corrected chi connectivity index (χ3v) is 2.34. The van der Waals surface area contributed by atoms with Crippen molar-refractivity contribution in [2.45, 2.75) is 20.3 Å². The number of ether oxygens (including phenoxy) is 1. The Labute approximate surface area is 92.8 Å². The minimum Gasteiger partial charge on any atom is -0.384 e. The zero-order valence-electron chi connectivity index (χ0n) is 9.86. The molecule has 0 aliphatic heterocycles. The van der Waals surface area contributed by atoms with Crippen LogP contribution in [0.4, 0.5) is 0 Å². The summed E-state index contributed by atoms with van der Waals surface area (Å²) >= 11 is 0. The molecule has 0 spiro atoms. The summed E-state index contributed by atoms with van der Waals surface area (Å²) in [4.78, 5) is 0. The molecule has 0 unspecified atom stereocenters. The second-order valence-corrected chi connectivity index (χ2v) is 4.11. The van der Waals surface area contributed by atoms with E-state index >= 15 is 0 Å². The topological polar surface area (TPSA) is 9.23 Å². The lowest BCUT2D eigenvalue weighted by atomic mass is 10.1. The number of aryl methyl sites for hydroxylation is 1. The molecule has 0 saturated heterocycles. The lowest BCUT2D eigenvalue weighted by Crippen LogP contribution is -2.01. The molecule has 0 fully saturated rings. The molecule has 1 nitrogen and oxygen atoms in total. The zero-order chi connectivity index (χ0) is 11.1. The van der Waals surface area contributed by atoms with Gasteiger partial charge in [0.2, 0.25) is 0 Å². The van der Waals surface area contributed by atoms with Crippen LogP contribution in [0.3, 0.4) is 0 Å². The first-order valence-corrected chi connectivity index (χ1v) is 5.44. The molecule has 0 amide bonds. The van der Waals surface area contributed by atoms with Crippen molar-refractivity contribution in [3.8, 4) is 0 Å². The van der Waals surface area contributed by atoms with Crippen LogP contribution in [0.15, 0.2) is 30.3 Å². The molecule has 0 bridgehead atoms. The normalized spacial score (nSPS) is 13.3. The van der Waals surface area contributed by atoms with Gasteiger partial charge in [-0.15, -0.1) is 0 Å². The standard InChI is InChI=1S/C14H20O/c1-12-6-4-8-14(10-12)9-5-7-13(2)11-15-3/h4-6,8-10,13H,7,11H2,1-3H3/b9-5+/t13-/m0/s1. The number of hydrogen-bond donors (Lipinski definition) is 0. The Morgan fingerprint density at radius 2 is 2.20 bits per heavy atom. The van der Waals surface area contributed by atoms with Gasteiger partial charge in [0.05, 0.1) is 0 Å². The van der Waals surface area contributed by atoms with Crippen LogP contribution in [-0.4, -0.2) is 13.7 Å². The Bertz CT molecular complexity index is 315. The highest BCUT2D eigenvalue weighted by Gasteiger charge is 1.96. The van der Waals surface area contributed by atoms with Gasteiger partial charge in [0, 0.05) is 13.7 Å². The number of hydrogen-bond acceptors (Lipinski definition) is 1. The fraction of sp³-hybridized carbons (Fsp3) is 0.429. The molecule has 0 aliphatic rings. The largest absolute Gasteiger partial charge is 0.384 e. The predicted molar refractivity (Wildman–Crippen MR) is 65.9 cm³/mol. The maximum absolute atomic E-state index is 5.09. The second-order valence-electron chi connectivity index (χ2n) is 4.11. The predicted octanol–water partition coefficient (Wildman–Crippen LogP) is 3.68. The highest BCUT2D eigenvalue weighted by Crippen LogP contribution is 2.09. The molecular formula is C14H20O. The van der Waals surface area contributed by atoms with Crippen LogP contribution < -0.4 is 0 Å². The third kappa shape index (κ3) is 4.80. The first-order chi connectivity index (χ1) is 7.22. The Morgan fingerprint density at radius 3 is 2.87 bits per heavy atom. The summed E-state index contributed by atoms with van der Waals surface area (Å²) in [6.07, 6.45) is 5.47. The van der Waals surface area contributed by atoms with Crippen molar-refractivity contribution >= 4 is 6.08 Å². The lowest BCUT2D eigenvalue weighted by molar-refractivity contribution is 0.161. The van der Waals surface area contributed by atoms with E-state index in [1.165, 1.54) is 11.1 Å². The SMILES string of the molecule is COC[C@@H](C)C/C=C/c1cccc(C)c1. The molecule has 0 aromatic heterocycles. The van der Waals surface area contributed by atoms with Crippen molar-refractivity contribution in [2.24, 2.45) is 5.92 Å². The Hall–Kier alpha value is -1.08. The van der Waals surface area contributed by atoms with Crippen LogP contribution in [0, 0.1) is 12.8 Å². The average molecular weight is 204 g/mol. The van der Waals surface area contributed by atoms with Crippen LogP contribution in [0.1, 0.15) is 24.5 Å². The molecule has 82 valence electrons. The van der Waals surface area contributed by atoms with Crippen molar-refractivity contribution in [3.05, 3.63) is 41.5 Å². The van der Waals surface area contributed by atoms with E-state index in [-0.39, 0.29) is 0 Å². The quantitative estimate of drug-likeness (QED) is 0.711. The molecule has 0 saturated carbocycles. The van der Waals surface area contributed by atoms with Crippen LogP contribution >= 0.6 is 0 Å². The van der Waals surface area contributed by atoms with Gasteiger partial charge in [-0.3, -0.25) is 0 Å². The molecule has 1 aromatic rings. The van der Waals surface area contributed by atoms with Crippen molar-refractivity contribution < 1.29 is 4.74 Å². The fourth-order valence-electron chi connectivity index (χ4n) is 1.56. The summed E-state index contributed by atoms with van der Waals surface area (Å²) in [6, 6.07) is 8.53. The van der Waals surface area contributed by atoms with Crippen molar-refractivity contribution in [1.82, 2.24) is 0 Å². The van der Waals surface area contributed by atoms with Crippen LogP contribution in [0.2, 0.25) is 0 Å². The summed E-state index contributed by atoms with van der Waals surface area (Å²) in [5.74, 6) is 0.594. The van der Waals surface area contributed by atoms with E-state index in [9.17, 15) is 0 Å². The summed E-state index contributed by atoms with van der Waals surface area (Å²) in [7, 11) is 1.75. The second kappa shape index (κ2) is 6.41. The van der Waals surface area contributed by atoms with Gasteiger partial charge in [-0.2, -0.15) is 0 Å². The zero-order valence-corrected chi connectivity index (χ0v) is 9.86. The first kappa shape index (κ1) is 12.0. The lowest BCUT2D eigenvalue weighted by Gasteiger charge is -2.05. The Kier molecular flexibility index (Phi) is 5.13. The molecule has 0 radical (unpaired) electrons. The van der Waals surface area contributed by atoms with Gasteiger partial charge in [0.25, 0.3) is 0 Å². The fourth-order valence-corrected chi connectivity index (χ4v) is 1.56. The highest BCUT2D eigenvalue weighted by molar-refractivity contribution is 5.50. The number of methoxy groups -OCH3 is 1. The Balaban J connectivity index is 2.44. The molecule has 0 N–H and O–H groups in total. The van der Waals surface area contributed by atoms with Gasteiger partial charge in [-0.05, 0) is 24.8 Å². The summed E-state index contributed by atoms with van der Waals surface area (Å²) < 4.78 is 5.09. The molecule has 1 atom stereocenters. The molecule has 15 heavy (non-hydrogen) atoms. The van der Waals surface area contributed by atoms with Crippen molar-refractivity contribution in [3.63, 3.8) is 0 Å². The van der Waals surface area contributed by atoms with Crippen LogP contribution in [-0.2, 0) is 4.74 Å². The smallest absolute Gasteiger partial charge is 0.0490 e. The summed E-state index contributed by atoms with van der Waals surface area (Å²) in [6.45, 7) is 5.15. The van der Waals surface area contributed by atoms with Gasteiger partial charge < -0.3 is 4.74 Å². The van der Waals surface area contributed by atoms with Gasteiger partial charge >= 0.3 is 0 Å². The van der Waals surface area contributed by atoms with E-state index < -0.39 is 0 Å². The van der Waals surface area contributed by atoms with Gasteiger partial charge in [0.15, 0.2) is 0 Å². The Morgan fingerprint density at radius 1 is 1.40 bits per heavy atom. The molecule has 1 heteroatoms. The van der Waals surface area contributed by atoms with E-state index in [4.69, 9.17) is 4.74 Å². The van der Waals surface area contributed by atoms with Gasteiger partial charge in [-0.25, -0.2) is 0 Å². The maximum Gasteiger partial charge on any atom is 0.0490 e. The maximum atomic E-state index is 5.09. The van der Waals surface area contributed by atoms with Gasteiger partial charge in [-0.1, -0.05) is 48.9 Å². The molecule has 1 aromatic carbocycles. The first-order valence-electron chi connectivity index (χ1n) is 5.44.